The van der Waals surface area contributed by atoms with Crippen LogP contribution in [0, 0.1) is 5.82 Å². The minimum Gasteiger partial charge on any atom is -0.379 e. The Labute approximate surface area is 232 Å². The molecule has 39 heavy (non-hydrogen) atoms. The number of thiazole rings is 1. The van der Waals surface area contributed by atoms with Gasteiger partial charge in [-0.1, -0.05) is 11.3 Å². The Bertz CT molecular complexity index is 1390. The number of hydrogen-bond donors (Lipinski definition) is 0. The SMILES string of the molecule is CN(CC1CCCO1)S(=O)(=O)c1ccc(C(=O)N(CCCN2CCOCC2)c2nc3ccc(F)cc3s2)cc1. The molecule has 2 saturated heterocycles. The third kappa shape index (κ3) is 6.64. The van der Waals surface area contributed by atoms with Crippen LogP contribution in [0.2, 0.25) is 0 Å². The second kappa shape index (κ2) is 12.4. The average Bonchev–Trinajstić information content (AvgIpc) is 3.61. The Morgan fingerprint density at radius 2 is 1.92 bits per heavy atom. The van der Waals surface area contributed by atoms with Crippen LogP contribution in [0.1, 0.15) is 29.6 Å². The Balaban J connectivity index is 1.34. The van der Waals surface area contributed by atoms with Crippen molar-refractivity contribution in [2.45, 2.75) is 30.3 Å². The fraction of sp³-hybridized carbons (Fsp3) is 0.481. The number of halogens is 1. The predicted octanol–water partition coefficient (Wildman–Crippen LogP) is 3.60. The summed E-state index contributed by atoms with van der Waals surface area (Å²) in [7, 11) is -2.18. The van der Waals surface area contributed by atoms with E-state index < -0.39 is 10.0 Å². The monoisotopic (exact) mass is 576 g/mol. The lowest BCUT2D eigenvalue weighted by Crippen LogP contribution is -2.39. The minimum atomic E-state index is -3.72. The molecule has 1 unspecified atom stereocenters. The van der Waals surface area contributed by atoms with Gasteiger partial charge >= 0.3 is 0 Å². The number of anilines is 1. The van der Waals surface area contributed by atoms with Gasteiger partial charge in [0.25, 0.3) is 5.91 Å². The van der Waals surface area contributed by atoms with E-state index in [-0.39, 0.29) is 29.3 Å². The van der Waals surface area contributed by atoms with E-state index in [1.165, 1.54) is 52.0 Å². The molecule has 3 heterocycles. The maximum atomic E-state index is 13.8. The summed E-state index contributed by atoms with van der Waals surface area (Å²) in [6.07, 6.45) is 2.39. The third-order valence-corrected chi connectivity index (χ3v) is 9.95. The number of rotatable bonds is 10. The number of benzene rings is 2. The average molecular weight is 577 g/mol. The number of carbonyl (C=O) groups excluding carboxylic acids is 1. The Morgan fingerprint density at radius 3 is 2.64 bits per heavy atom. The van der Waals surface area contributed by atoms with Crippen molar-refractivity contribution in [3.05, 3.63) is 53.8 Å². The summed E-state index contributed by atoms with van der Waals surface area (Å²) in [5.41, 5.74) is 0.977. The predicted molar refractivity (Wildman–Crippen MR) is 148 cm³/mol. The maximum Gasteiger partial charge on any atom is 0.260 e. The Morgan fingerprint density at radius 1 is 1.15 bits per heavy atom. The molecule has 12 heteroatoms. The third-order valence-electron chi connectivity index (χ3n) is 7.07. The molecular formula is C27H33FN4O5S2. The van der Waals surface area contributed by atoms with E-state index in [1.807, 2.05) is 0 Å². The first-order chi connectivity index (χ1) is 18.8. The topological polar surface area (TPSA) is 92.3 Å². The zero-order valence-corrected chi connectivity index (χ0v) is 23.6. The molecule has 2 fully saturated rings. The molecular weight excluding hydrogens is 543 g/mol. The first-order valence-electron chi connectivity index (χ1n) is 13.2. The van der Waals surface area contributed by atoms with E-state index in [0.29, 0.717) is 47.3 Å². The van der Waals surface area contributed by atoms with Gasteiger partial charge < -0.3 is 9.47 Å². The summed E-state index contributed by atoms with van der Waals surface area (Å²) in [6, 6.07) is 10.4. The molecule has 3 aromatic rings. The maximum absolute atomic E-state index is 13.8. The van der Waals surface area contributed by atoms with Crippen molar-refractivity contribution < 1.29 is 27.1 Å². The van der Waals surface area contributed by atoms with E-state index in [1.54, 1.807) is 18.0 Å². The zero-order chi connectivity index (χ0) is 27.4. The van der Waals surface area contributed by atoms with E-state index in [0.717, 1.165) is 38.9 Å². The van der Waals surface area contributed by atoms with Gasteiger partial charge in [-0.2, -0.15) is 4.31 Å². The number of likely N-dealkylation sites (N-methyl/N-ethyl adjacent to an activating group) is 1. The molecule has 1 atom stereocenters. The molecule has 9 nitrogen and oxygen atoms in total. The Hall–Kier alpha value is -2.48. The van der Waals surface area contributed by atoms with E-state index in [2.05, 4.69) is 9.88 Å². The number of amides is 1. The van der Waals surface area contributed by atoms with Crippen LogP contribution in [-0.2, 0) is 19.5 Å². The quantitative estimate of drug-likeness (QED) is 0.364. The smallest absolute Gasteiger partial charge is 0.260 e. The summed E-state index contributed by atoms with van der Waals surface area (Å²) in [6.45, 7) is 5.27. The highest BCUT2D eigenvalue weighted by atomic mass is 32.2. The highest BCUT2D eigenvalue weighted by Crippen LogP contribution is 2.31. The molecule has 1 aromatic heterocycles. The molecule has 0 radical (unpaired) electrons. The number of ether oxygens (including phenoxy) is 2. The number of carbonyl (C=O) groups is 1. The first kappa shape index (κ1) is 28.1. The number of aromatic nitrogens is 1. The fourth-order valence-electron chi connectivity index (χ4n) is 4.84. The fourth-order valence-corrected chi connectivity index (χ4v) is 7.06. The van der Waals surface area contributed by atoms with E-state index in [9.17, 15) is 17.6 Å². The molecule has 210 valence electrons. The van der Waals surface area contributed by atoms with Crippen molar-refractivity contribution >= 4 is 42.6 Å². The van der Waals surface area contributed by atoms with Crippen LogP contribution in [0.25, 0.3) is 10.2 Å². The minimum absolute atomic E-state index is 0.0982. The van der Waals surface area contributed by atoms with Crippen LogP contribution >= 0.6 is 11.3 Å². The van der Waals surface area contributed by atoms with Crippen LogP contribution in [-0.4, -0.2) is 94.2 Å². The molecule has 2 aromatic carbocycles. The van der Waals surface area contributed by atoms with Gasteiger partial charge in [-0.05, 0) is 61.7 Å². The number of sulfonamides is 1. The van der Waals surface area contributed by atoms with Crippen molar-refractivity contribution in [2.24, 2.45) is 0 Å². The normalized spacial score (nSPS) is 18.7. The van der Waals surface area contributed by atoms with Crippen LogP contribution in [0.3, 0.4) is 0 Å². The largest absolute Gasteiger partial charge is 0.379 e. The Kier molecular flexibility index (Phi) is 8.89. The summed E-state index contributed by atoms with van der Waals surface area (Å²) >= 11 is 1.26. The molecule has 1 amide bonds. The van der Waals surface area contributed by atoms with Gasteiger partial charge in [-0.15, -0.1) is 0 Å². The highest BCUT2D eigenvalue weighted by Gasteiger charge is 2.27. The summed E-state index contributed by atoms with van der Waals surface area (Å²) < 4.78 is 53.0. The lowest BCUT2D eigenvalue weighted by molar-refractivity contribution is 0.0376. The van der Waals surface area contributed by atoms with Crippen molar-refractivity contribution in [3.63, 3.8) is 0 Å². The van der Waals surface area contributed by atoms with Gasteiger partial charge in [0, 0.05) is 51.9 Å². The molecule has 0 saturated carbocycles. The molecule has 0 N–H and O–H groups in total. The first-order valence-corrected chi connectivity index (χ1v) is 15.4. The van der Waals surface area contributed by atoms with Crippen molar-refractivity contribution in [1.82, 2.24) is 14.2 Å². The second-order valence-electron chi connectivity index (χ2n) is 9.82. The molecule has 5 rings (SSSR count). The van der Waals surface area contributed by atoms with Gasteiger partial charge in [0.1, 0.15) is 5.82 Å². The van der Waals surface area contributed by atoms with Crippen molar-refractivity contribution in [3.8, 4) is 0 Å². The van der Waals surface area contributed by atoms with E-state index in [4.69, 9.17) is 9.47 Å². The number of fused-ring (bicyclic) bond motifs is 1. The number of morpholine rings is 1. The van der Waals surface area contributed by atoms with Gasteiger partial charge in [0.15, 0.2) is 5.13 Å². The standard InChI is InChI=1S/C27H33FN4O5S2/c1-30(19-22-4-2-15-37-22)39(34,35)23-8-5-20(6-9-23)26(33)32(12-3-11-31-13-16-36-17-14-31)27-29-24-10-7-21(28)18-25(24)38-27/h5-10,18,22H,2-4,11-17,19H2,1H3. The molecule has 2 aliphatic heterocycles. The van der Waals surface area contributed by atoms with Crippen LogP contribution < -0.4 is 4.90 Å². The second-order valence-corrected chi connectivity index (χ2v) is 12.9. The summed E-state index contributed by atoms with van der Waals surface area (Å²) in [5, 5.41) is 0.482. The molecule has 0 bridgehead atoms. The van der Waals surface area contributed by atoms with Crippen LogP contribution in [0.4, 0.5) is 9.52 Å². The van der Waals surface area contributed by atoms with Gasteiger partial charge in [0.05, 0.1) is 34.4 Å². The van der Waals surface area contributed by atoms with Crippen LogP contribution in [0.15, 0.2) is 47.4 Å². The highest BCUT2D eigenvalue weighted by molar-refractivity contribution is 7.89. The summed E-state index contributed by atoms with van der Waals surface area (Å²) in [4.78, 5) is 22.3. The summed E-state index contributed by atoms with van der Waals surface area (Å²) in [5.74, 6) is -0.641. The van der Waals surface area contributed by atoms with Crippen molar-refractivity contribution in [1.29, 1.82) is 0 Å². The van der Waals surface area contributed by atoms with Crippen molar-refractivity contribution in [2.75, 3.05) is 64.5 Å². The zero-order valence-electron chi connectivity index (χ0n) is 21.9. The number of nitrogens with zero attached hydrogens (tertiary/aromatic N) is 4. The molecule has 2 aliphatic rings. The van der Waals surface area contributed by atoms with Gasteiger partial charge in [-0.25, -0.2) is 17.8 Å². The van der Waals surface area contributed by atoms with Gasteiger partial charge in [-0.3, -0.25) is 14.6 Å². The van der Waals surface area contributed by atoms with Gasteiger partial charge in [0.2, 0.25) is 10.0 Å². The molecule has 0 aliphatic carbocycles. The molecule has 0 spiro atoms. The lowest BCUT2D eigenvalue weighted by Gasteiger charge is -2.27. The van der Waals surface area contributed by atoms with E-state index >= 15 is 0 Å². The van der Waals surface area contributed by atoms with Crippen LogP contribution in [0.5, 0.6) is 0 Å². The lowest BCUT2D eigenvalue weighted by atomic mass is 10.2. The number of hydrogen-bond acceptors (Lipinski definition) is 8.